The van der Waals surface area contributed by atoms with Gasteiger partial charge in [-0.05, 0) is 37.5 Å². The van der Waals surface area contributed by atoms with Crippen LogP contribution in [-0.4, -0.2) is 112 Å². The fourth-order valence-electron chi connectivity index (χ4n) is 5.20. The van der Waals surface area contributed by atoms with Gasteiger partial charge in [0.25, 0.3) is 0 Å². The molecule has 3 heterocycles. The number of carbonyl (C=O) groups is 1. The van der Waals surface area contributed by atoms with Crippen LogP contribution in [-0.2, 0) is 29.6 Å². The molecule has 3 saturated heterocycles. The Morgan fingerprint density at radius 3 is 2.56 bits per heavy atom. The van der Waals surface area contributed by atoms with Crippen molar-refractivity contribution in [3.8, 4) is 0 Å². The third kappa shape index (κ3) is 5.15. The molecule has 11 nitrogen and oxygen atoms in total. The number of anilines is 1. The maximum Gasteiger partial charge on any atom is 0.243 e. The van der Waals surface area contributed by atoms with Crippen molar-refractivity contribution in [3.63, 3.8) is 0 Å². The monoisotopic (exact) mass is 516 g/mol. The zero-order chi connectivity index (χ0) is 24.6. The van der Waals surface area contributed by atoms with E-state index in [1.807, 2.05) is 0 Å². The van der Waals surface area contributed by atoms with E-state index in [2.05, 4.69) is 5.32 Å². The quantitative estimate of drug-likeness (QED) is 0.517. The summed E-state index contributed by atoms with van der Waals surface area (Å²) >= 11 is 0. The van der Waals surface area contributed by atoms with Gasteiger partial charge in [0.2, 0.25) is 26.0 Å². The molecule has 190 valence electrons. The van der Waals surface area contributed by atoms with Crippen molar-refractivity contribution >= 4 is 31.6 Å². The highest BCUT2D eigenvalue weighted by molar-refractivity contribution is 7.89. The second kappa shape index (κ2) is 9.80. The van der Waals surface area contributed by atoms with Crippen molar-refractivity contribution in [3.05, 3.63) is 24.3 Å². The number of carbonyl (C=O) groups excluding carboxylic acids is 1. The van der Waals surface area contributed by atoms with Crippen LogP contribution in [0.15, 0.2) is 29.2 Å². The van der Waals surface area contributed by atoms with Crippen LogP contribution < -0.4 is 5.32 Å². The maximum absolute atomic E-state index is 12.9. The lowest BCUT2D eigenvalue weighted by Gasteiger charge is -2.47. The van der Waals surface area contributed by atoms with Crippen LogP contribution in [0.3, 0.4) is 0 Å². The average Bonchev–Trinajstić information content (AvgIpc) is 3.23. The second-order valence-corrected chi connectivity index (χ2v) is 13.0. The van der Waals surface area contributed by atoms with Crippen molar-refractivity contribution < 1.29 is 31.5 Å². The van der Waals surface area contributed by atoms with Crippen molar-refractivity contribution in [2.24, 2.45) is 0 Å². The summed E-state index contributed by atoms with van der Waals surface area (Å²) in [6.45, 7) is 2.34. The number of β-amino-alcohol motifs (C(OH)–C–C–N with tert-alkyl or cyclic N) is 1. The molecule has 0 aromatic heterocycles. The molecular formula is C21H32N4O7S2. The Morgan fingerprint density at radius 2 is 1.88 bits per heavy atom. The van der Waals surface area contributed by atoms with E-state index in [4.69, 9.17) is 4.74 Å². The minimum absolute atomic E-state index is 0.00641. The number of likely N-dealkylation sites (tertiary alicyclic amines) is 1. The predicted molar refractivity (Wildman–Crippen MR) is 125 cm³/mol. The second-order valence-electron chi connectivity index (χ2n) is 9.14. The zero-order valence-electron chi connectivity index (χ0n) is 19.2. The number of piperidine rings is 1. The lowest BCUT2D eigenvalue weighted by atomic mass is 9.83. The lowest BCUT2D eigenvalue weighted by Crippen LogP contribution is -2.63. The number of hydrogen-bond acceptors (Lipinski definition) is 8. The van der Waals surface area contributed by atoms with E-state index < -0.39 is 31.7 Å². The molecule has 0 bridgehead atoms. The number of morpholine rings is 1. The van der Waals surface area contributed by atoms with Crippen LogP contribution in [0.5, 0.6) is 0 Å². The van der Waals surface area contributed by atoms with Gasteiger partial charge in [-0.2, -0.15) is 8.61 Å². The number of ether oxygens (including phenoxy) is 1. The van der Waals surface area contributed by atoms with Gasteiger partial charge in [-0.25, -0.2) is 16.8 Å². The van der Waals surface area contributed by atoms with Gasteiger partial charge in [-0.1, -0.05) is 6.07 Å². The first-order valence-electron chi connectivity index (χ1n) is 11.4. The smallest absolute Gasteiger partial charge is 0.243 e. The number of nitrogens with one attached hydrogen (secondary N) is 1. The van der Waals surface area contributed by atoms with E-state index in [1.54, 1.807) is 17.0 Å². The molecule has 1 aromatic rings. The first-order valence-corrected chi connectivity index (χ1v) is 14.7. The molecule has 3 aliphatic rings. The van der Waals surface area contributed by atoms with E-state index in [0.717, 1.165) is 0 Å². The number of hydrogen-bond donors (Lipinski definition) is 2. The SMILES string of the molecule is CS(=O)(=O)N1CCC[C@@]12CCN(CC(=O)Nc1cccc(S(=O)(=O)N3CCOCC3)c1)C[C@@H]2O. The van der Waals surface area contributed by atoms with Crippen LogP contribution in [0.2, 0.25) is 0 Å². The minimum atomic E-state index is -3.68. The Hall–Kier alpha value is -1.61. The Morgan fingerprint density at radius 1 is 1.15 bits per heavy atom. The number of benzene rings is 1. The Bertz CT molecular complexity index is 1120. The van der Waals surface area contributed by atoms with Gasteiger partial charge in [0.05, 0.1) is 42.6 Å². The van der Waals surface area contributed by atoms with E-state index in [-0.39, 0.29) is 37.0 Å². The van der Waals surface area contributed by atoms with E-state index in [1.165, 1.54) is 27.0 Å². The van der Waals surface area contributed by atoms with Gasteiger partial charge >= 0.3 is 0 Å². The molecule has 3 fully saturated rings. The average molecular weight is 517 g/mol. The number of aliphatic hydroxyl groups is 1. The normalized spacial score (nSPS) is 27.8. The lowest BCUT2D eigenvalue weighted by molar-refractivity contribution is -0.119. The van der Waals surface area contributed by atoms with E-state index in [0.29, 0.717) is 51.3 Å². The minimum Gasteiger partial charge on any atom is -0.390 e. The number of sulfonamides is 2. The first kappa shape index (κ1) is 25.5. The number of nitrogens with zero attached hydrogens (tertiary/aromatic N) is 3. The van der Waals surface area contributed by atoms with Crippen molar-refractivity contribution in [2.45, 2.75) is 35.8 Å². The van der Waals surface area contributed by atoms with Crippen LogP contribution in [0.25, 0.3) is 0 Å². The van der Waals surface area contributed by atoms with Crippen molar-refractivity contribution in [1.82, 2.24) is 13.5 Å². The van der Waals surface area contributed by atoms with Gasteiger partial charge in [0.15, 0.2) is 0 Å². The van der Waals surface area contributed by atoms with Crippen LogP contribution >= 0.6 is 0 Å². The third-order valence-electron chi connectivity index (χ3n) is 6.87. The molecule has 0 unspecified atom stereocenters. The highest BCUT2D eigenvalue weighted by Crippen LogP contribution is 2.40. The molecule has 3 aliphatic heterocycles. The summed E-state index contributed by atoms with van der Waals surface area (Å²) in [5.41, 5.74) is -0.435. The Kier molecular flexibility index (Phi) is 7.34. The molecular weight excluding hydrogens is 484 g/mol. The Labute approximate surface area is 200 Å². The molecule has 0 aliphatic carbocycles. The summed E-state index contributed by atoms with van der Waals surface area (Å²) in [7, 11) is -7.11. The van der Waals surface area contributed by atoms with Gasteiger partial charge in [0.1, 0.15) is 0 Å². The molecule has 2 N–H and O–H groups in total. The summed E-state index contributed by atoms with van der Waals surface area (Å²) in [5.74, 6) is -0.338. The molecule has 0 saturated carbocycles. The Balaban J connectivity index is 1.37. The van der Waals surface area contributed by atoms with Gasteiger partial charge in [0, 0.05) is 38.4 Å². The van der Waals surface area contributed by atoms with Crippen LogP contribution in [0, 0.1) is 0 Å². The summed E-state index contributed by atoms with van der Waals surface area (Å²) in [6.07, 6.45) is 2.02. The molecule has 2 atom stereocenters. The highest BCUT2D eigenvalue weighted by Gasteiger charge is 2.52. The molecule has 1 spiro atoms. The largest absolute Gasteiger partial charge is 0.390 e. The molecule has 0 radical (unpaired) electrons. The third-order valence-corrected chi connectivity index (χ3v) is 10.1. The molecule has 1 amide bonds. The topological polar surface area (TPSA) is 137 Å². The van der Waals surface area contributed by atoms with Crippen molar-refractivity contribution in [2.75, 3.05) is 64.1 Å². The summed E-state index contributed by atoms with van der Waals surface area (Å²) < 4.78 is 58.2. The summed E-state index contributed by atoms with van der Waals surface area (Å²) in [6, 6.07) is 6.14. The van der Waals surface area contributed by atoms with Crippen LogP contribution in [0.4, 0.5) is 5.69 Å². The van der Waals surface area contributed by atoms with E-state index in [9.17, 15) is 26.7 Å². The summed E-state index contributed by atoms with van der Waals surface area (Å²) in [4.78, 5) is 14.6. The predicted octanol–water partition coefficient (Wildman–Crippen LogP) is -0.493. The van der Waals surface area contributed by atoms with Crippen LogP contribution in [0.1, 0.15) is 19.3 Å². The molecule has 34 heavy (non-hydrogen) atoms. The highest BCUT2D eigenvalue weighted by atomic mass is 32.2. The number of rotatable bonds is 6. The fourth-order valence-corrected chi connectivity index (χ4v) is 8.08. The van der Waals surface area contributed by atoms with Gasteiger partial charge < -0.3 is 15.2 Å². The standard InChI is InChI=1S/C21H32N4O7S2/c1-33(28,29)25-8-3-6-21(25)7-9-23(15-19(21)26)16-20(27)22-17-4-2-5-18(14-17)34(30,31)24-10-12-32-13-11-24/h2,4-5,14,19,26H,3,6-13,15-16H2,1H3,(H,22,27)/t19-,21-/m0/s1. The van der Waals surface area contributed by atoms with Crippen molar-refractivity contribution in [1.29, 1.82) is 0 Å². The fraction of sp³-hybridized carbons (Fsp3) is 0.667. The zero-order valence-corrected chi connectivity index (χ0v) is 20.9. The van der Waals surface area contributed by atoms with E-state index >= 15 is 0 Å². The van der Waals surface area contributed by atoms with Gasteiger partial charge in [-0.3, -0.25) is 9.69 Å². The number of aliphatic hydroxyl groups excluding tert-OH is 1. The molecule has 1 aromatic carbocycles. The molecule has 4 rings (SSSR count). The summed E-state index contributed by atoms with van der Waals surface area (Å²) in [5, 5.41) is 13.6. The molecule has 13 heteroatoms. The van der Waals surface area contributed by atoms with Gasteiger partial charge in [-0.15, -0.1) is 0 Å². The first-order chi connectivity index (χ1) is 16.0. The maximum atomic E-state index is 12.9. The number of amides is 1.